The lowest BCUT2D eigenvalue weighted by Gasteiger charge is -2.29. The van der Waals surface area contributed by atoms with Crippen LogP contribution in [-0.2, 0) is 6.54 Å². The fourth-order valence-corrected chi connectivity index (χ4v) is 2.89. The van der Waals surface area contributed by atoms with Crippen molar-refractivity contribution in [3.05, 3.63) is 24.0 Å². The summed E-state index contributed by atoms with van der Waals surface area (Å²) in [6, 6.07) is 4.27. The number of hydrogen-bond donors (Lipinski definition) is 1. The van der Waals surface area contributed by atoms with Gasteiger partial charge in [0.1, 0.15) is 0 Å². The van der Waals surface area contributed by atoms with Crippen LogP contribution in [0.2, 0.25) is 0 Å². The van der Waals surface area contributed by atoms with E-state index in [9.17, 15) is 5.11 Å². The third kappa shape index (κ3) is 1.69. The summed E-state index contributed by atoms with van der Waals surface area (Å²) in [7, 11) is 0. The van der Waals surface area contributed by atoms with Crippen LogP contribution in [0.3, 0.4) is 0 Å². The maximum Gasteiger partial charge on any atom is 0.0624 e. The van der Waals surface area contributed by atoms with E-state index in [1.165, 1.54) is 11.4 Å². The van der Waals surface area contributed by atoms with Crippen molar-refractivity contribution < 1.29 is 5.11 Å². The molecule has 0 unspecified atom stereocenters. The average molecular weight is 218 g/mol. The van der Waals surface area contributed by atoms with E-state index in [4.69, 9.17) is 4.99 Å². The first kappa shape index (κ1) is 10.1. The number of rotatable bonds is 1. The Morgan fingerprint density at radius 3 is 2.88 bits per heavy atom. The molecule has 0 saturated heterocycles. The molecule has 3 nitrogen and oxygen atoms in total. The highest BCUT2D eigenvalue weighted by atomic mass is 16.3. The molecule has 1 aromatic heterocycles. The summed E-state index contributed by atoms with van der Waals surface area (Å²) in [4.78, 5) is 4.71. The minimum atomic E-state index is -0.0766. The second kappa shape index (κ2) is 4.06. The van der Waals surface area contributed by atoms with Gasteiger partial charge in [0.2, 0.25) is 0 Å². The molecule has 1 saturated carbocycles. The number of hydrogen-bond acceptors (Lipinski definition) is 2. The first-order valence-corrected chi connectivity index (χ1v) is 6.22. The van der Waals surface area contributed by atoms with E-state index >= 15 is 0 Å². The Hall–Kier alpha value is -1.09. The Kier molecular flexibility index (Phi) is 2.56. The predicted molar refractivity (Wildman–Crippen MR) is 63.8 cm³/mol. The molecule has 0 radical (unpaired) electrons. The van der Waals surface area contributed by atoms with Crippen LogP contribution in [0.1, 0.15) is 31.4 Å². The fourth-order valence-electron chi connectivity index (χ4n) is 2.89. The zero-order valence-electron chi connectivity index (χ0n) is 9.47. The van der Waals surface area contributed by atoms with Gasteiger partial charge in [-0.2, -0.15) is 0 Å². The van der Waals surface area contributed by atoms with Crippen molar-refractivity contribution in [2.45, 2.75) is 38.3 Å². The van der Waals surface area contributed by atoms with Crippen molar-refractivity contribution in [1.29, 1.82) is 0 Å². The molecule has 0 spiro atoms. The van der Waals surface area contributed by atoms with Crippen LogP contribution in [0.4, 0.5) is 0 Å². The maximum absolute atomic E-state index is 9.54. The maximum atomic E-state index is 9.54. The van der Waals surface area contributed by atoms with E-state index in [1.54, 1.807) is 0 Å². The molecule has 0 bridgehead atoms. The molecule has 1 aliphatic heterocycles. The molecule has 3 heteroatoms. The number of nitrogens with zero attached hydrogens (tertiary/aromatic N) is 2. The monoisotopic (exact) mass is 218 g/mol. The first-order valence-electron chi connectivity index (χ1n) is 6.22. The zero-order valence-corrected chi connectivity index (χ0v) is 9.47. The van der Waals surface area contributed by atoms with Crippen LogP contribution in [-0.4, -0.2) is 28.0 Å². The molecule has 86 valence electrons. The predicted octanol–water partition coefficient (Wildman–Crippen LogP) is 1.84. The van der Waals surface area contributed by atoms with Crippen LogP contribution >= 0.6 is 0 Å². The van der Waals surface area contributed by atoms with Gasteiger partial charge in [0, 0.05) is 18.7 Å². The largest absolute Gasteiger partial charge is 0.393 e. The van der Waals surface area contributed by atoms with Crippen LogP contribution < -0.4 is 0 Å². The summed E-state index contributed by atoms with van der Waals surface area (Å²) in [6.45, 7) is 1.93. The summed E-state index contributed by atoms with van der Waals surface area (Å²) in [5.74, 6) is 0.567. The fraction of sp³-hybridized carbons (Fsp3) is 0.615. The molecule has 2 heterocycles. The van der Waals surface area contributed by atoms with E-state index in [2.05, 4.69) is 22.9 Å². The van der Waals surface area contributed by atoms with E-state index in [0.29, 0.717) is 5.92 Å². The molecular formula is C13H18N2O. The van der Waals surface area contributed by atoms with Gasteiger partial charge in [-0.05, 0) is 37.8 Å². The van der Waals surface area contributed by atoms with Gasteiger partial charge in [0.15, 0.2) is 0 Å². The van der Waals surface area contributed by atoms with Crippen molar-refractivity contribution in [2.24, 2.45) is 10.9 Å². The summed E-state index contributed by atoms with van der Waals surface area (Å²) >= 11 is 0. The zero-order chi connectivity index (χ0) is 11.0. The molecule has 1 N–H and O–H groups in total. The molecule has 1 fully saturated rings. The van der Waals surface area contributed by atoms with Crippen molar-refractivity contribution in [2.75, 3.05) is 6.54 Å². The number of aromatic nitrogens is 1. The molecule has 1 aromatic rings. The quantitative estimate of drug-likeness (QED) is 0.767. The van der Waals surface area contributed by atoms with E-state index in [0.717, 1.165) is 38.8 Å². The minimum Gasteiger partial charge on any atom is -0.393 e. The van der Waals surface area contributed by atoms with Gasteiger partial charge in [-0.3, -0.25) is 4.99 Å². The summed E-state index contributed by atoms with van der Waals surface area (Å²) < 4.78 is 2.30. The van der Waals surface area contributed by atoms with Crippen molar-refractivity contribution >= 4 is 5.71 Å². The van der Waals surface area contributed by atoms with Gasteiger partial charge in [0.05, 0.1) is 24.1 Å². The molecule has 1 aliphatic carbocycles. The third-order valence-electron chi connectivity index (χ3n) is 3.80. The smallest absolute Gasteiger partial charge is 0.0624 e. The van der Waals surface area contributed by atoms with Crippen LogP contribution in [0.25, 0.3) is 0 Å². The summed E-state index contributed by atoms with van der Waals surface area (Å²) in [5.41, 5.74) is 2.58. The normalized spacial score (nSPS) is 29.7. The molecule has 0 amide bonds. The second-order valence-electron chi connectivity index (χ2n) is 4.86. The molecule has 16 heavy (non-hydrogen) atoms. The molecule has 2 aliphatic rings. The standard InChI is InChI=1S/C13H18N2O/c16-11-5-3-10(4-6-11)13-12-2-1-8-15(12)9-7-14-13/h1-2,8,10-11,16H,3-7,9H2. The van der Waals surface area contributed by atoms with Crippen LogP contribution in [0.5, 0.6) is 0 Å². The lowest BCUT2D eigenvalue weighted by molar-refractivity contribution is 0.121. The molecule has 3 rings (SSSR count). The highest BCUT2D eigenvalue weighted by molar-refractivity contribution is 6.01. The third-order valence-corrected chi connectivity index (χ3v) is 3.80. The highest BCUT2D eigenvalue weighted by Gasteiger charge is 2.26. The van der Waals surface area contributed by atoms with Crippen molar-refractivity contribution in [3.8, 4) is 0 Å². The number of fused-ring (bicyclic) bond motifs is 1. The number of aliphatic imine (C=N–C) groups is 1. The Labute approximate surface area is 95.8 Å². The number of aliphatic hydroxyl groups excluding tert-OH is 1. The van der Waals surface area contributed by atoms with Gasteiger partial charge in [0.25, 0.3) is 0 Å². The Bertz CT molecular complexity index is 400. The second-order valence-corrected chi connectivity index (χ2v) is 4.86. The highest BCUT2D eigenvalue weighted by Crippen LogP contribution is 2.29. The van der Waals surface area contributed by atoms with Gasteiger partial charge in [-0.15, -0.1) is 0 Å². The SMILES string of the molecule is OC1CCC(C2=NCCn3cccc32)CC1. The van der Waals surface area contributed by atoms with Crippen LogP contribution in [0.15, 0.2) is 23.3 Å². The van der Waals surface area contributed by atoms with Gasteiger partial charge < -0.3 is 9.67 Å². The van der Waals surface area contributed by atoms with E-state index in [1.807, 2.05) is 0 Å². The van der Waals surface area contributed by atoms with Crippen molar-refractivity contribution in [3.63, 3.8) is 0 Å². The average Bonchev–Trinajstić information content (AvgIpc) is 2.78. The van der Waals surface area contributed by atoms with Gasteiger partial charge in [-0.1, -0.05) is 0 Å². The van der Waals surface area contributed by atoms with Crippen molar-refractivity contribution in [1.82, 2.24) is 4.57 Å². The van der Waals surface area contributed by atoms with E-state index < -0.39 is 0 Å². The first-order chi connectivity index (χ1) is 7.84. The van der Waals surface area contributed by atoms with E-state index in [-0.39, 0.29) is 6.10 Å². The summed E-state index contributed by atoms with van der Waals surface area (Å²) in [5, 5.41) is 9.54. The van der Waals surface area contributed by atoms with Gasteiger partial charge in [-0.25, -0.2) is 0 Å². The molecular weight excluding hydrogens is 200 g/mol. The Morgan fingerprint density at radius 2 is 2.06 bits per heavy atom. The Balaban J connectivity index is 1.83. The molecule has 0 aromatic carbocycles. The lowest BCUT2D eigenvalue weighted by atomic mass is 9.83. The minimum absolute atomic E-state index is 0.0766. The number of aliphatic hydroxyl groups is 1. The summed E-state index contributed by atoms with van der Waals surface area (Å²) in [6.07, 6.45) is 6.11. The van der Waals surface area contributed by atoms with Crippen LogP contribution in [0, 0.1) is 5.92 Å². The lowest BCUT2D eigenvalue weighted by Crippen LogP contribution is -2.29. The van der Waals surface area contributed by atoms with Gasteiger partial charge >= 0.3 is 0 Å². The topological polar surface area (TPSA) is 37.5 Å². The Morgan fingerprint density at radius 1 is 1.25 bits per heavy atom. The molecule has 0 atom stereocenters.